The van der Waals surface area contributed by atoms with Crippen LogP contribution in [-0.2, 0) is 16.6 Å². The van der Waals surface area contributed by atoms with Crippen LogP contribution in [0.4, 0.5) is 0 Å². The van der Waals surface area contributed by atoms with Crippen molar-refractivity contribution in [3.05, 3.63) is 105 Å². The van der Waals surface area contributed by atoms with E-state index >= 15 is 0 Å². The number of carbonyl (C=O) groups is 1. The van der Waals surface area contributed by atoms with Gasteiger partial charge in [-0.05, 0) is 59.7 Å². The average molecular weight is 450 g/mol. The Balaban J connectivity index is 1.63. The quantitative estimate of drug-likeness (QED) is 0.422. The molecule has 1 amide bonds. The van der Waals surface area contributed by atoms with Gasteiger partial charge in [-0.1, -0.05) is 90.6 Å². The third-order valence-corrected chi connectivity index (χ3v) is 7.60. The van der Waals surface area contributed by atoms with E-state index in [2.05, 4.69) is 35.2 Å². The van der Waals surface area contributed by atoms with Crippen LogP contribution in [0.15, 0.2) is 72.8 Å². The van der Waals surface area contributed by atoms with E-state index in [9.17, 15) is 4.79 Å². The highest BCUT2D eigenvalue weighted by molar-refractivity contribution is 6.31. The summed E-state index contributed by atoms with van der Waals surface area (Å²) in [6.07, 6.45) is 4.74. The van der Waals surface area contributed by atoms with Gasteiger partial charge in [-0.2, -0.15) is 0 Å². The van der Waals surface area contributed by atoms with Gasteiger partial charge in [-0.15, -0.1) is 0 Å². The fourth-order valence-corrected chi connectivity index (χ4v) is 5.83. The second kappa shape index (κ2) is 8.33. The molecule has 0 saturated heterocycles. The second-order valence-corrected chi connectivity index (χ2v) is 9.51. The summed E-state index contributed by atoms with van der Waals surface area (Å²) < 4.78 is 0. The van der Waals surface area contributed by atoms with Gasteiger partial charge in [-0.3, -0.25) is 4.79 Å². The van der Waals surface area contributed by atoms with Gasteiger partial charge in [0.15, 0.2) is 0 Å². The zero-order valence-corrected chi connectivity index (χ0v) is 18.9. The number of nitrogens with zero attached hydrogens (tertiary/aromatic N) is 1. The lowest BCUT2D eigenvalue weighted by Crippen LogP contribution is -2.49. The number of hydrogen-bond acceptors (Lipinski definition) is 1. The highest BCUT2D eigenvalue weighted by atomic mass is 35.5. The van der Waals surface area contributed by atoms with Gasteiger partial charge in [0.05, 0.1) is 11.5 Å². The van der Waals surface area contributed by atoms with E-state index in [0.717, 1.165) is 43.2 Å². The topological polar surface area (TPSA) is 20.3 Å². The summed E-state index contributed by atoms with van der Waals surface area (Å²) >= 11 is 12.8. The number of benzene rings is 3. The van der Waals surface area contributed by atoms with Crippen LogP contribution in [0.1, 0.15) is 54.0 Å². The Morgan fingerprint density at radius 2 is 1.48 bits per heavy atom. The van der Waals surface area contributed by atoms with Gasteiger partial charge < -0.3 is 4.90 Å². The van der Waals surface area contributed by atoms with E-state index in [1.165, 1.54) is 11.1 Å². The molecule has 1 atom stereocenters. The summed E-state index contributed by atoms with van der Waals surface area (Å²) in [6.45, 7) is 0.696. The third kappa shape index (κ3) is 3.56. The van der Waals surface area contributed by atoms with Crippen molar-refractivity contribution in [3.63, 3.8) is 0 Å². The number of hydrogen-bond donors (Lipinski definition) is 0. The predicted octanol–water partition coefficient (Wildman–Crippen LogP) is 6.98. The molecule has 0 bridgehead atoms. The first kappa shape index (κ1) is 20.6. The van der Waals surface area contributed by atoms with E-state index in [4.69, 9.17) is 23.2 Å². The first-order valence-corrected chi connectivity index (χ1v) is 11.8. The maximum Gasteiger partial charge on any atom is 0.234 e. The molecule has 1 fully saturated rings. The maximum atomic E-state index is 14.4. The largest absolute Gasteiger partial charge is 0.330 e. The first-order valence-electron chi connectivity index (χ1n) is 11.0. The van der Waals surface area contributed by atoms with Crippen molar-refractivity contribution in [2.24, 2.45) is 0 Å². The SMILES string of the molecule is O=C(N1CCc2ccccc2C1c1ccccc1Cl)C1(c2ccc(Cl)cc2)CCCC1. The summed E-state index contributed by atoms with van der Waals surface area (Å²) in [5.74, 6) is 0.215. The molecular weight excluding hydrogens is 425 g/mol. The van der Waals surface area contributed by atoms with Crippen molar-refractivity contribution in [1.82, 2.24) is 4.90 Å². The van der Waals surface area contributed by atoms with Crippen molar-refractivity contribution in [3.8, 4) is 0 Å². The van der Waals surface area contributed by atoms with Gasteiger partial charge in [0.2, 0.25) is 5.91 Å². The zero-order chi connectivity index (χ0) is 21.4. The van der Waals surface area contributed by atoms with Crippen LogP contribution in [0.3, 0.4) is 0 Å². The smallest absolute Gasteiger partial charge is 0.234 e. The van der Waals surface area contributed by atoms with Crippen LogP contribution < -0.4 is 0 Å². The van der Waals surface area contributed by atoms with Gasteiger partial charge in [0.25, 0.3) is 0 Å². The molecule has 1 aliphatic heterocycles. The summed E-state index contributed by atoms with van der Waals surface area (Å²) in [5, 5.41) is 1.40. The van der Waals surface area contributed by atoms with Gasteiger partial charge in [0, 0.05) is 16.6 Å². The Bertz CT molecular complexity index is 1100. The lowest BCUT2D eigenvalue weighted by atomic mass is 9.76. The van der Waals surface area contributed by atoms with Gasteiger partial charge in [-0.25, -0.2) is 0 Å². The molecule has 1 unspecified atom stereocenters. The van der Waals surface area contributed by atoms with Crippen LogP contribution in [0, 0.1) is 0 Å². The summed E-state index contributed by atoms with van der Waals surface area (Å²) in [6, 6.07) is 24.1. The molecule has 1 aliphatic carbocycles. The van der Waals surface area contributed by atoms with E-state index < -0.39 is 5.41 Å². The number of amides is 1. The normalized spacial score (nSPS) is 19.8. The van der Waals surface area contributed by atoms with Crippen molar-refractivity contribution in [1.29, 1.82) is 0 Å². The fraction of sp³-hybridized carbons (Fsp3) is 0.296. The second-order valence-electron chi connectivity index (χ2n) is 8.67. The average Bonchev–Trinajstić information content (AvgIpc) is 3.30. The highest BCUT2D eigenvalue weighted by Crippen LogP contribution is 2.47. The van der Waals surface area contributed by atoms with Crippen LogP contribution in [0.2, 0.25) is 10.0 Å². The zero-order valence-electron chi connectivity index (χ0n) is 17.4. The molecule has 0 radical (unpaired) electrons. The molecular formula is C27H25Cl2NO. The molecule has 0 N–H and O–H groups in total. The molecule has 4 heteroatoms. The molecule has 0 aromatic heterocycles. The molecule has 3 aromatic rings. The molecule has 158 valence electrons. The lowest BCUT2D eigenvalue weighted by molar-refractivity contribution is -0.139. The fourth-order valence-electron chi connectivity index (χ4n) is 5.47. The summed E-state index contributed by atoms with van der Waals surface area (Å²) in [5.41, 5.74) is 4.06. The van der Waals surface area contributed by atoms with Gasteiger partial charge >= 0.3 is 0 Å². The van der Waals surface area contributed by atoms with E-state index in [1.807, 2.05) is 42.5 Å². The number of carbonyl (C=O) groups excluding carboxylic acids is 1. The minimum Gasteiger partial charge on any atom is -0.330 e. The Labute approximate surface area is 193 Å². The van der Waals surface area contributed by atoms with E-state index in [1.54, 1.807) is 0 Å². The van der Waals surface area contributed by atoms with E-state index in [0.29, 0.717) is 16.6 Å². The monoisotopic (exact) mass is 449 g/mol. The number of fused-ring (bicyclic) bond motifs is 1. The van der Waals surface area contributed by atoms with Crippen LogP contribution in [0.5, 0.6) is 0 Å². The molecule has 1 saturated carbocycles. The summed E-state index contributed by atoms with van der Waals surface area (Å²) in [7, 11) is 0. The third-order valence-electron chi connectivity index (χ3n) is 7.01. The Kier molecular flexibility index (Phi) is 5.54. The highest BCUT2D eigenvalue weighted by Gasteiger charge is 2.47. The van der Waals surface area contributed by atoms with Crippen LogP contribution in [-0.4, -0.2) is 17.4 Å². The Morgan fingerprint density at radius 3 is 2.19 bits per heavy atom. The summed E-state index contributed by atoms with van der Waals surface area (Å²) in [4.78, 5) is 16.4. The Hall–Kier alpha value is -2.29. The predicted molar refractivity (Wildman–Crippen MR) is 127 cm³/mol. The van der Waals surface area contributed by atoms with Gasteiger partial charge in [0.1, 0.15) is 0 Å². The Morgan fingerprint density at radius 1 is 0.839 bits per heavy atom. The molecule has 0 spiro atoms. The molecule has 2 nitrogen and oxygen atoms in total. The van der Waals surface area contributed by atoms with Crippen LogP contribution in [0.25, 0.3) is 0 Å². The minimum absolute atomic E-state index is 0.170. The van der Waals surface area contributed by atoms with Crippen molar-refractivity contribution in [2.45, 2.75) is 43.6 Å². The number of halogens is 2. The maximum absolute atomic E-state index is 14.4. The van der Waals surface area contributed by atoms with Crippen molar-refractivity contribution in [2.75, 3.05) is 6.54 Å². The lowest BCUT2D eigenvalue weighted by Gasteiger charge is -2.43. The molecule has 2 aliphatic rings. The first-order chi connectivity index (χ1) is 15.1. The number of rotatable bonds is 3. The minimum atomic E-state index is -0.490. The van der Waals surface area contributed by atoms with Crippen molar-refractivity contribution < 1.29 is 4.79 Å². The molecule has 1 heterocycles. The van der Waals surface area contributed by atoms with Crippen LogP contribution >= 0.6 is 23.2 Å². The molecule has 5 rings (SSSR count). The van der Waals surface area contributed by atoms with Crippen molar-refractivity contribution >= 4 is 29.1 Å². The standard InChI is InChI=1S/C27H25Cl2NO/c28-21-13-11-20(12-14-21)27(16-5-6-17-27)26(31)30-18-15-19-7-1-2-8-22(19)25(30)23-9-3-4-10-24(23)29/h1-4,7-14,25H,5-6,15-18H2. The van der Waals surface area contributed by atoms with E-state index in [-0.39, 0.29) is 11.9 Å². The molecule has 3 aromatic carbocycles. The molecule has 31 heavy (non-hydrogen) atoms.